The van der Waals surface area contributed by atoms with Crippen LogP contribution in [0.25, 0.3) is 11.3 Å². The second-order valence-electron chi connectivity index (χ2n) is 7.69. The summed E-state index contributed by atoms with van der Waals surface area (Å²) in [4.78, 5) is 4.41. The van der Waals surface area contributed by atoms with E-state index in [9.17, 15) is 0 Å². The zero-order valence-corrected chi connectivity index (χ0v) is 17.8. The SMILES string of the molecule is C=C/N=C(/CC)c1c(-c2cccc(N)c2)nn(COCC[Si](C)(C)C)c1N. The van der Waals surface area contributed by atoms with Gasteiger partial charge in [-0.3, -0.25) is 4.99 Å². The summed E-state index contributed by atoms with van der Waals surface area (Å²) in [5.41, 5.74) is 16.4. The van der Waals surface area contributed by atoms with Gasteiger partial charge in [-0.1, -0.05) is 45.3 Å². The molecule has 0 saturated heterocycles. The highest BCUT2D eigenvalue weighted by atomic mass is 28.3. The first kappa shape index (κ1) is 20.9. The minimum absolute atomic E-state index is 0.316. The van der Waals surface area contributed by atoms with Crippen LogP contribution >= 0.6 is 0 Å². The smallest absolute Gasteiger partial charge is 0.141 e. The number of rotatable bonds is 9. The van der Waals surface area contributed by atoms with E-state index in [1.807, 2.05) is 31.2 Å². The molecule has 0 spiro atoms. The summed E-state index contributed by atoms with van der Waals surface area (Å²) in [5.74, 6) is 0.544. The van der Waals surface area contributed by atoms with Gasteiger partial charge in [-0.05, 0) is 24.6 Å². The van der Waals surface area contributed by atoms with Gasteiger partial charge in [0.25, 0.3) is 0 Å². The van der Waals surface area contributed by atoms with E-state index in [1.54, 1.807) is 4.68 Å². The summed E-state index contributed by atoms with van der Waals surface area (Å²) >= 11 is 0. The first-order chi connectivity index (χ1) is 12.8. The van der Waals surface area contributed by atoms with Crippen molar-refractivity contribution < 1.29 is 4.74 Å². The second kappa shape index (κ2) is 9.01. The van der Waals surface area contributed by atoms with Crippen LogP contribution in [0.3, 0.4) is 0 Å². The summed E-state index contributed by atoms with van der Waals surface area (Å²) in [7, 11) is -1.14. The normalized spacial score (nSPS) is 12.4. The molecule has 2 aromatic rings. The Morgan fingerprint density at radius 3 is 2.67 bits per heavy atom. The van der Waals surface area contributed by atoms with E-state index >= 15 is 0 Å². The highest BCUT2D eigenvalue weighted by molar-refractivity contribution is 6.76. The maximum atomic E-state index is 6.44. The van der Waals surface area contributed by atoms with E-state index in [1.165, 1.54) is 6.20 Å². The summed E-state index contributed by atoms with van der Waals surface area (Å²) in [6.07, 6.45) is 2.25. The number of nitrogen functional groups attached to an aromatic ring is 2. The maximum absolute atomic E-state index is 6.44. The fourth-order valence-corrected chi connectivity index (χ4v) is 3.47. The molecule has 0 radical (unpaired) electrons. The van der Waals surface area contributed by atoms with Gasteiger partial charge < -0.3 is 16.2 Å². The molecule has 6 nitrogen and oxygen atoms in total. The van der Waals surface area contributed by atoms with Crippen LogP contribution in [0.2, 0.25) is 25.7 Å². The van der Waals surface area contributed by atoms with Gasteiger partial charge in [0, 0.05) is 32.1 Å². The third-order valence-electron chi connectivity index (χ3n) is 4.23. The molecule has 27 heavy (non-hydrogen) atoms. The Morgan fingerprint density at radius 2 is 2.07 bits per heavy atom. The molecule has 7 heteroatoms. The maximum Gasteiger partial charge on any atom is 0.141 e. The van der Waals surface area contributed by atoms with E-state index in [0.717, 1.165) is 28.6 Å². The largest absolute Gasteiger partial charge is 0.399 e. The van der Waals surface area contributed by atoms with Crippen molar-refractivity contribution in [2.24, 2.45) is 4.99 Å². The molecule has 1 aromatic carbocycles. The van der Waals surface area contributed by atoms with Crippen LogP contribution < -0.4 is 11.5 Å². The van der Waals surface area contributed by atoms with E-state index in [4.69, 9.17) is 21.3 Å². The van der Waals surface area contributed by atoms with Crippen molar-refractivity contribution in [2.75, 3.05) is 18.1 Å². The number of nitrogens with two attached hydrogens (primary N) is 2. The Labute approximate surface area is 162 Å². The molecule has 0 aliphatic carbocycles. The van der Waals surface area contributed by atoms with Crippen LogP contribution in [-0.2, 0) is 11.5 Å². The number of anilines is 2. The number of aromatic nitrogens is 2. The summed E-state index contributed by atoms with van der Waals surface area (Å²) < 4.78 is 7.55. The Kier molecular flexibility index (Phi) is 6.98. The molecule has 0 atom stereocenters. The first-order valence-electron chi connectivity index (χ1n) is 9.24. The average Bonchev–Trinajstić information content (AvgIpc) is 2.92. The fourth-order valence-electron chi connectivity index (χ4n) is 2.72. The van der Waals surface area contributed by atoms with E-state index in [2.05, 4.69) is 31.2 Å². The topological polar surface area (TPSA) is 91.4 Å². The molecule has 1 heterocycles. The fraction of sp³-hybridized carbons (Fsp3) is 0.400. The molecule has 146 valence electrons. The van der Waals surface area contributed by atoms with Crippen molar-refractivity contribution in [2.45, 2.75) is 45.8 Å². The van der Waals surface area contributed by atoms with Gasteiger partial charge in [0.1, 0.15) is 18.2 Å². The molecule has 0 bridgehead atoms. The van der Waals surface area contributed by atoms with E-state index in [-0.39, 0.29) is 0 Å². The van der Waals surface area contributed by atoms with Crippen molar-refractivity contribution in [3.8, 4) is 11.3 Å². The summed E-state index contributed by atoms with van der Waals surface area (Å²) in [5, 5.41) is 4.71. The minimum atomic E-state index is -1.14. The van der Waals surface area contributed by atoms with Gasteiger partial charge in [0.15, 0.2) is 0 Å². The lowest BCUT2D eigenvalue weighted by molar-refractivity contribution is 0.0803. The van der Waals surface area contributed by atoms with Gasteiger partial charge in [-0.15, -0.1) is 0 Å². The standard InChI is InChI=1S/C20H31N5OSi/c1-6-17(23-7-2)18-19(15-9-8-10-16(21)13-15)24-25(20(18)22)14-26-11-12-27(3,4)5/h7-10,13H,2,6,11-12,14,21-22H2,1,3-5H3/b23-17-. The molecule has 4 N–H and O–H groups in total. The van der Waals surface area contributed by atoms with Crippen LogP contribution in [0.1, 0.15) is 18.9 Å². The molecule has 1 aromatic heterocycles. The van der Waals surface area contributed by atoms with Crippen LogP contribution in [-0.4, -0.2) is 30.2 Å². The van der Waals surface area contributed by atoms with E-state index < -0.39 is 8.07 Å². The Morgan fingerprint density at radius 1 is 1.33 bits per heavy atom. The van der Waals surface area contributed by atoms with Crippen LogP contribution in [0.5, 0.6) is 0 Å². The lowest BCUT2D eigenvalue weighted by atomic mass is 10.0. The molecule has 0 saturated carbocycles. The Hall–Kier alpha value is -2.38. The molecule has 0 aliphatic rings. The Balaban J connectivity index is 2.39. The third kappa shape index (κ3) is 5.54. The first-order valence-corrected chi connectivity index (χ1v) is 13.0. The number of nitrogens with zero attached hydrogens (tertiary/aromatic N) is 3. The molecule has 0 aliphatic heterocycles. The number of aliphatic imine (C=N–C) groups is 1. The molecular formula is C20H31N5OSi. The van der Waals surface area contributed by atoms with Crippen LogP contribution in [0.15, 0.2) is 42.0 Å². The van der Waals surface area contributed by atoms with Crippen molar-refractivity contribution in [3.63, 3.8) is 0 Å². The molecular weight excluding hydrogens is 354 g/mol. The average molecular weight is 386 g/mol. The predicted octanol–water partition coefficient (Wildman–Crippen LogP) is 4.37. The molecule has 2 rings (SSSR count). The van der Waals surface area contributed by atoms with Crippen molar-refractivity contribution in [1.29, 1.82) is 0 Å². The van der Waals surface area contributed by atoms with Gasteiger partial charge in [-0.2, -0.15) is 5.10 Å². The molecule has 0 fully saturated rings. The van der Waals surface area contributed by atoms with Gasteiger partial charge in [0.05, 0.1) is 11.3 Å². The zero-order valence-electron chi connectivity index (χ0n) is 16.8. The predicted molar refractivity (Wildman–Crippen MR) is 118 cm³/mol. The second-order valence-corrected chi connectivity index (χ2v) is 13.3. The summed E-state index contributed by atoms with van der Waals surface area (Å²) in [6.45, 7) is 13.8. The molecule has 0 amide bonds. The monoisotopic (exact) mass is 385 g/mol. The van der Waals surface area contributed by atoms with Gasteiger partial charge >= 0.3 is 0 Å². The number of ether oxygens (including phenoxy) is 1. The zero-order chi connectivity index (χ0) is 20.0. The highest BCUT2D eigenvalue weighted by Gasteiger charge is 2.21. The third-order valence-corrected chi connectivity index (χ3v) is 5.94. The Bertz CT molecular complexity index is 820. The van der Waals surface area contributed by atoms with Crippen molar-refractivity contribution in [1.82, 2.24) is 9.78 Å². The minimum Gasteiger partial charge on any atom is -0.399 e. The number of hydrogen-bond donors (Lipinski definition) is 2. The van der Waals surface area contributed by atoms with Gasteiger partial charge in [0.2, 0.25) is 0 Å². The van der Waals surface area contributed by atoms with Gasteiger partial charge in [-0.25, -0.2) is 4.68 Å². The summed E-state index contributed by atoms with van der Waals surface area (Å²) in [6, 6.07) is 8.72. The lowest BCUT2D eigenvalue weighted by Gasteiger charge is -2.15. The highest BCUT2D eigenvalue weighted by Crippen LogP contribution is 2.30. The lowest BCUT2D eigenvalue weighted by Crippen LogP contribution is -2.22. The van der Waals surface area contributed by atoms with Crippen molar-refractivity contribution in [3.05, 3.63) is 42.6 Å². The van der Waals surface area contributed by atoms with Crippen LogP contribution in [0.4, 0.5) is 11.5 Å². The molecule has 0 unspecified atom stereocenters. The number of benzene rings is 1. The van der Waals surface area contributed by atoms with Crippen LogP contribution in [0, 0.1) is 0 Å². The quantitative estimate of drug-likeness (QED) is 0.290. The van der Waals surface area contributed by atoms with E-state index in [0.29, 0.717) is 31.3 Å². The number of hydrogen-bond acceptors (Lipinski definition) is 5. The van der Waals surface area contributed by atoms with Crippen molar-refractivity contribution >= 4 is 25.3 Å².